The number of anilines is 1. The average molecular weight is 232 g/mol. The van der Waals surface area contributed by atoms with E-state index in [0.29, 0.717) is 22.5 Å². The van der Waals surface area contributed by atoms with Gasteiger partial charge in [-0.2, -0.15) is 5.26 Å². The number of nitrogens with one attached hydrogen (secondary N) is 1. The molecule has 1 aliphatic heterocycles. The zero-order valence-corrected chi connectivity index (χ0v) is 9.21. The Kier molecular flexibility index (Phi) is 3.11. The number of hydrogen-bond acceptors (Lipinski definition) is 5. The quantitative estimate of drug-likeness (QED) is 0.659. The van der Waals surface area contributed by atoms with Crippen LogP contribution in [0.5, 0.6) is 0 Å². The van der Waals surface area contributed by atoms with E-state index in [1.165, 1.54) is 13.2 Å². The third-order valence-corrected chi connectivity index (χ3v) is 2.63. The van der Waals surface area contributed by atoms with Gasteiger partial charge in [-0.1, -0.05) is 12.1 Å². The van der Waals surface area contributed by atoms with Crippen LogP contribution in [0, 0.1) is 11.3 Å². The van der Waals surface area contributed by atoms with Crippen molar-refractivity contribution in [2.45, 2.75) is 12.4 Å². The first-order chi connectivity index (χ1) is 8.17. The van der Waals surface area contributed by atoms with E-state index in [0.717, 1.165) is 0 Å². The first-order valence-corrected chi connectivity index (χ1v) is 5.08. The fourth-order valence-corrected chi connectivity index (χ4v) is 1.77. The van der Waals surface area contributed by atoms with E-state index >= 15 is 0 Å². The number of methoxy groups -OCH3 is 1. The van der Waals surface area contributed by atoms with Gasteiger partial charge in [-0.3, -0.25) is 0 Å². The molecule has 1 aromatic carbocycles. The molecule has 2 rings (SSSR count). The summed E-state index contributed by atoms with van der Waals surface area (Å²) >= 11 is 0. The smallest absolute Gasteiger partial charge is 0.195 e. The van der Waals surface area contributed by atoms with Gasteiger partial charge in [0.1, 0.15) is 12.2 Å². The van der Waals surface area contributed by atoms with Crippen LogP contribution in [0.1, 0.15) is 17.2 Å². The molecule has 0 bridgehead atoms. The van der Waals surface area contributed by atoms with Crippen molar-refractivity contribution in [1.29, 1.82) is 5.26 Å². The van der Waals surface area contributed by atoms with Crippen LogP contribution in [0.3, 0.4) is 0 Å². The molecular weight excluding hydrogens is 220 g/mol. The largest absolute Gasteiger partial charge is 0.384 e. The number of aliphatic hydroxyl groups is 2. The second-order valence-corrected chi connectivity index (χ2v) is 3.66. The number of nitrogens with zero attached hydrogens (tertiary/aromatic N) is 1. The molecular formula is C12H12N2O3. The van der Waals surface area contributed by atoms with Crippen LogP contribution in [0.2, 0.25) is 0 Å². The predicted octanol–water partition coefficient (Wildman–Crippen LogP) is 0.866. The molecule has 17 heavy (non-hydrogen) atoms. The molecule has 3 N–H and O–H groups in total. The molecule has 0 fully saturated rings. The minimum atomic E-state index is -1.15. The van der Waals surface area contributed by atoms with Gasteiger partial charge in [0.05, 0.1) is 16.9 Å². The Morgan fingerprint density at radius 3 is 2.94 bits per heavy atom. The van der Waals surface area contributed by atoms with Crippen molar-refractivity contribution < 1.29 is 14.9 Å². The number of hydrogen-bond donors (Lipinski definition) is 3. The lowest BCUT2D eigenvalue weighted by Gasteiger charge is -2.25. The van der Waals surface area contributed by atoms with E-state index in [-0.39, 0.29) is 0 Å². The predicted molar refractivity (Wildman–Crippen MR) is 60.8 cm³/mol. The highest BCUT2D eigenvalue weighted by atomic mass is 16.6. The summed E-state index contributed by atoms with van der Waals surface area (Å²) in [5, 5.41) is 31.3. The summed E-state index contributed by atoms with van der Waals surface area (Å²) in [7, 11) is 1.35. The summed E-state index contributed by atoms with van der Waals surface area (Å²) in [6.07, 6.45) is -0.554. The van der Waals surface area contributed by atoms with Gasteiger partial charge in [0.15, 0.2) is 6.29 Å². The topological polar surface area (TPSA) is 85.5 Å². The Hall–Kier alpha value is -1.87. The number of benzene rings is 1. The summed E-state index contributed by atoms with van der Waals surface area (Å²) in [5.41, 5.74) is 1.86. The van der Waals surface area contributed by atoms with Crippen LogP contribution in [0.25, 0.3) is 0 Å². The zero-order chi connectivity index (χ0) is 12.4. The molecule has 1 aliphatic rings. The second-order valence-electron chi connectivity index (χ2n) is 3.66. The molecule has 0 saturated carbocycles. The van der Waals surface area contributed by atoms with Crippen molar-refractivity contribution in [3.63, 3.8) is 0 Å². The molecule has 0 aliphatic carbocycles. The Morgan fingerprint density at radius 2 is 2.29 bits per heavy atom. The normalized spacial score (nSPS) is 19.6. The van der Waals surface area contributed by atoms with Gasteiger partial charge in [0.25, 0.3) is 0 Å². The fourth-order valence-electron chi connectivity index (χ4n) is 1.77. The molecule has 0 aromatic heterocycles. The van der Waals surface area contributed by atoms with E-state index in [4.69, 9.17) is 10.00 Å². The van der Waals surface area contributed by atoms with Crippen molar-refractivity contribution in [2.75, 3.05) is 12.4 Å². The molecule has 1 heterocycles. The van der Waals surface area contributed by atoms with Crippen molar-refractivity contribution in [1.82, 2.24) is 0 Å². The van der Waals surface area contributed by atoms with Gasteiger partial charge < -0.3 is 20.3 Å². The lowest BCUT2D eigenvalue weighted by molar-refractivity contribution is -0.0447. The monoisotopic (exact) mass is 232 g/mol. The molecule has 5 nitrogen and oxygen atoms in total. The first kappa shape index (κ1) is 11.6. The minimum absolute atomic E-state index is 0.329. The molecule has 2 unspecified atom stereocenters. The summed E-state index contributed by atoms with van der Waals surface area (Å²) < 4.78 is 4.76. The summed E-state index contributed by atoms with van der Waals surface area (Å²) in [4.78, 5) is 0. The molecule has 0 amide bonds. The van der Waals surface area contributed by atoms with E-state index in [9.17, 15) is 10.2 Å². The Labute approximate surface area is 98.6 Å². The van der Waals surface area contributed by atoms with Crippen LogP contribution in [-0.4, -0.2) is 23.6 Å². The summed E-state index contributed by atoms with van der Waals surface area (Å²) in [6.45, 7) is 0. The van der Waals surface area contributed by atoms with E-state index in [1.54, 1.807) is 18.2 Å². The SMILES string of the molecule is COC(O)C1=CC(O)c2cccc(C#N)c2N1. The van der Waals surface area contributed by atoms with Crippen molar-refractivity contribution in [3.8, 4) is 6.07 Å². The van der Waals surface area contributed by atoms with Crippen LogP contribution in [0.4, 0.5) is 5.69 Å². The van der Waals surface area contributed by atoms with Gasteiger partial charge in [-0.05, 0) is 12.1 Å². The molecule has 1 aromatic rings. The van der Waals surface area contributed by atoms with Gasteiger partial charge in [-0.25, -0.2) is 0 Å². The van der Waals surface area contributed by atoms with Crippen LogP contribution >= 0.6 is 0 Å². The van der Waals surface area contributed by atoms with Gasteiger partial charge in [0.2, 0.25) is 0 Å². The molecule has 0 saturated heterocycles. The van der Waals surface area contributed by atoms with E-state index in [1.807, 2.05) is 6.07 Å². The number of aliphatic hydroxyl groups excluding tert-OH is 2. The Balaban J connectivity index is 2.44. The van der Waals surface area contributed by atoms with Crippen molar-refractivity contribution in [3.05, 3.63) is 41.1 Å². The van der Waals surface area contributed by atoms with Crippen molar-refractivity contribution in [2.24, 2.45) is 0 Å². The summed E-state index contributed by atoms with van der Waals surface area (Å²) in [6, 6.07) is 7.09. The molecule has 5 heteroatoms. The molecule has 0 spiro atoms. The van der Waals surface area contributed by atoms with Crippen LogP contribution in [-0.2, 0) is 4.74 Å². The Bertz CT molecular complexity index is 505. The summed E-state index contributed by atoms with van der Waals surface area (Å²) in [5.74, 6) is 0. The zero-order valence-electron chi connectivity index (χ0n) is 9.21. The third kappa shape index (κ3) is 2.01. The number of ether oxygens (including phenoxy) is 1. The van der Waals surface area contributed by atoms with Gasteiger partial charge in [0, 0.05) is 12.7 Å². The maximum absolute atomic E-state index is 9.90. The number of para-hydroxylation sites is 1. The maximum atomic E-state index is 9.90. The highest BCUT2D eigenvalue weighted by Crippen LogP contribution is 2.33. The number of rotatable bonds is 2. The van der Waals surface area contributed by atoms with Gasteiger partial charge in [-0.15, -0.1) is 0 Å². The first-order valence-electron chi connectivity index (χ1n) is 5.08. The lowest BCUT2D eigenvalue weighted by Crippen LogP contribution is -2.24. The van der Waals surface area contributed by atoms with E-state index < -0.39 is 12.4 Å². The fraction of sp³-hybridized carbons (Fsp3) is 0.250. The van der Waals surface area contributed by atoms with E-state index in [2.05, 4.69) is 5.32 Å². The molecule has 2 atom stereocenters. The second kappa shape index (κ2) is 4.55. The van der Waals surface area contributed by atoms with Crippen LogP contribution < -0.4 is 5.32 Å². The average Bonchev–Trinajstić information content (AvgIpc) is 2.37. The molecule has 88 valence electrons. The highest BCUT2D eigenvalue weighted by Gasteiger charge is 2.23. The van der Waals surface area contributed by atoms with Crippen LogP contribution in [0.15, 0.2) is 30.0 Å². The Morgan fingerprint density at radius 1 is 1.53 bits per heavy atom. The third-order valence-electron chi connectivity index (χ3n) is 2.63. The lowest BCUT2D eigenvalue weighted by atomic mass is 9.98. The van der Waals surface area contributed by atoms with Gasteiger partial charge >= 0.3 is 0 Å². The number of fused-ring (bicyclic) bond motifs is 1. The maximum Gasteiger partial charge on any atom is 0.195 e. The number of nitriles is 1. The standard InChI is InChI=1S/C12H12N2O3/c1-17-12(16)9-5-10(15)8-4-2-3-7(6-13)11(8)14-9/h2-5,10,12,14-16H,1H3. The van der Waals surface area contributed by atoms with Crippen molar-refractivity contribution >= 4 is 5.69 Å². The highest BCUT2D eigenvalue weighted by molar-refractivity contribution is 5.68. The molecule has 0 radical (unpaired) electrons. The minimum Gasteiger partial charge on any atom is -0.384 e.